The molecule has 0 unspecified atom stereocenters. The van der Waals surface area contributed by atoms with Gasteiger partial charge in [0.15, 0.2) is 0 Å². The van der Waals surface area contributed by atoms with Crippen molar-refractivity contribution >= 4 is 0 Å². The summed E-state index contributed by atoms with van der Waals surface area (Å²) >= 11 is 0. The van der Waals surface area contributed by atoms with E-state index in [0.29, 0.717) is 6.04 Å². The van der Waals surface area contributed by atoms with E-state index in [4.69, 9.17) is 0 Å². The van der Waals surface area contributed by atoms with Crippen molar-refractivity contribution in [2.45, 2.75) is 32.7 Å². The van der Waals surface area contributed by atoms with Crippen LogP contribution in [0.25, 0.3) is 0 Å². The highest BCUT2D eigenvalue weighted by Gasteiger charge is 1.97. The Labute approximate surface area is 84.6 Å². The van der Waals surface area contributed by atoms with Crippen LogP contribution < -0.4 is 5.32 Å². The van der Waals surface area contributed by atoms with Crippen molar-refractivity contribution in [3.05, 3.63) is 29.8 Å². The highest BCUT2D eigenvalue weighted by atomic mass is 19.1. The number of pyridine rings is 1. The molecule has 2 nitrogen and oxygen atoms in total. The lowest BCUT2D eigenvalue weighted by Gasteiger charge is -2.07. The minimum Gasteiger partial charge on any atom is -0.315 e. The van der Waals surface area contributed by atoms with E-state index in [1.54, 1.807) is 12.3 Å². The molecular weight excluding hydrogens is 179 g/mol. The second-order valence-corrected chi connectivity index (χ2v) is 3.72. The van der Waals surface area contributed by atoms with E-state index in [9.17, 15) is 4.39 Å². The van der Waals surface area contributed by atoms with Crippen LogP contribution in [0.4, 0.5) is 4.39 Å². The third-order valence-electron chi connectivity index (χ3n) is 1.96. The first kappa shape index (κ1) is 11.1. The molecule has 3 heteroatoms. The second kappa shape index (κ2) is 5.70. The molecule has 0 aromatic carbocycles. The molecule has 1 rings (SSSR count). The monoisotopic (exact) mass is 196 g/mol. The Balaban J connectivity index is 2.25. The van der Waals surface area contributed by atoms with Crippen molar-refractivity contribution in [2.75, 3.05) is 6.54 Å². The molecule has 0 atom stereocenters. The average molecular weight is 196 g/mol. The Bertz CT molecular complexity index is 274. The predicted molar refractivity (Wildman–Crippen MR) is 55.7 cm³/mol. The van der Waals surface area contributed by atoms with Crippen molar-refractivity contribution in [1.82, 2.24) is 10.3 Å². The third-order valence-corrected chi connectivity index (χ3v) is 1.96. The molecular formula is C11H17FN2. The van der Waals surface area contributed by atoms with Gasteiger partial charge in [0.25, 0.3) is 0 Å². The topological polar surface area (TPSA) is 24.9 Å². The van der Waals surface area contributed by atoms with E-state index in [2.05, 4.69) is 24.1 Å². The van der Waals surface area contributed by atoms with Gasteiger partial charge >= 0.3 is 0 Å². The van der Waals surface area contributed by atoms with Gasteiger partial charge in [-0.2, -0.15) is 0 Å². The minimum atomic E-state index is -0.251. The summed E-state index contributed by atoms with van der Waals surface area (Å²) in [5, 5.41) is 3.32. The zero-order valence-electron chi connectivity index (χ0n) is 8.76. The van der Waals surface area contributed by atoms with Crippen molar-refractivity contribution in [3.63, 3.8) is 0 Å². The number of aryl methyl sites for hydroxylation is 1. The Morgan fingerprint density at radius 1 is 1.43 bits per heavy atom. The van der Waals surface area contributed by atoms with Gasteiger partial charge in [-0.25, -0.2) is 4.39 Å². The van der Waals surface area contributed by atoms with Gasteiger partial charge in [0.1, 0.15) is 5.82 Å². The maximum absolute atomic E-state index is 12.7. The fraction of sp³-hybridized carbons (Fsp3) is 0.545. The summed E-state index contributed by atoms with van der Waals surface area (Å²) in [4.78, 5) is 3.80. The van der Waals surface area contributed by atoms with Crippen molar-refractivity contribution < 1.29 is 4.39 Å². The van der Waals surface area contributed by atoms with E-state index >= 15 is 0 Å². The molecule has 0 saturated heterocycles. The summed E-state index contributed by atoms with van der Waals surface area (Å²) < 4.78 is 12.7. The van der Waals surface area contributed by atoms with Crippen LogP contribution in [0, 0.1) is 5.82 Å². The number of halogens is 1. The minimum absolute atomic E-state index is 0.251. The van der Waals surface area contributed by atoms with E-state index in [0.717, 1.165) is 24.9 Å². The molecule has 0 amide bonds. The Morgan fingerprint density at radius 3 is 2.86 bits per heavy atom. The van der Waals surface area contributed by atoms with Crippen LogP contribution in [0.5, 0.6) is 0 Å². The highest BCUT2D eigenvalue weighted by molar-refractivity contribution is 5.10. The first-order chi connectivity index (χ1) is 6.68. The highest BCUT2D eigenvalue weighted by Crippen LogP contribution is 2.03. The van der Waals surface area contributed by atoms with Crippen LogP contribution in [-0.2, 0) is 6.42 Å². The lowest BCUT2D eigenvalue weighted by atomic mass is 10.1. The Morgan fingerprint density at radius 2 is 2.21 bits per heavy atom. The van der Waals surface area contributed by atoms with Crippen LogP contribution in [0.3, 0.4) is 0 Å². The molecule has 0 bridgehead atoms. The van der Waals surface area contributed by atoms with Gasteiger partial charge in [-0.05, 0) is 31.0 Å². The van der Waals surface area contributed by atoms with E-state index < -0.39 is 0 Å². The van der Waals surface area contributed by atoms with Crippen LogP contribution >= 0.6 is 0 Å². The van der Waals surface area contributed by atoms with Crippen molar-refractivity contribution in [2.24, 2.45) is 0 Å². The fourth-order valence-corrected chi connectivity index (χ4v) is 1.28. The van der Waals surface area contributed by atoms with Crippen LogP contribution in [-0.4, -0.2) is 17.6 Å². The van der Waals surface area contributed by atoms with Gasteiger partial charge in [-0.3, -0.25) is 4.98 Å². The third kappa shape index (κ3) is 4.33. The van der Waals surface area contributed by atoms with Crippen molar-refractivity contribution in [3.8, 4) is 0 Å². The predicted octanol–water partition coefficient (Wildman–Crippen LogP) is 2.15. The van der Waals surface area contributed by atoms with Crippen LogP contribution in [0.2, 0.25) is 0 Å². The SMILES string of the molecule is CC(C)NCCCc1cncc(F)c1. The average Bonchev–Trinajstić information content (AvgIpc) is 2.12. The summed E-state index contributed by atoms with van der Waals surface area (Å²) in [6.07, 6.45) is 4.85. The van der Waals surface area contributed by atoms with Gasteiger partial charge < -0.3 is 5.32 Å². The largest absolute Gasteiger partial charge is 0.315 e. The lowest BCUT2D eigenvalue weighted by molar-refractivity contribution is 0.568. The number of nitrogens with one attached hydrogen (secondary N) is 1. The van der Waals surface area contributed by atoms with E-state index in [-0.39, 0.29) is 5.82 Å². The molecule has 14 heavy (non-hydrogen) atoms. The molecule has 1 N–H and O–H groups in total. The molecule has 1 aromatic rings. The standard InChI is InChI=1S/C11H17FN2/c1-9(2)14-5-3-4-10-6-11(12)8-13-7-10/h6-9,14H,3-5H2,1-2H3. The molecule has 0 aliphatic heterocycles. The first-order valence-corrected chi connectivity index (χ1v) is 5.01. The summed E-state index contributed by atoms with van der Waals surface area (Å²) in [6.45, 7) is 5.20. The van der Waals surface area contributed by atoms with E-state index in [1.165, 1.54) is 6.20 Å². The number of rotatable bonds is 5. The Hall–Kier alpha value is -0.960. The molecule has 78 valence electrons. The molecule has 0 spiro atoms. The van der Waals surface area contributed by atoms with Gasteiger partial charge in [-0.1, -0.05) is 13.8 Å². The van der Waals surface area contributed by atoms with Gasteiger partial charge in [0, 0.05) is 12.2 Å². The molecule has 1 aromatic heterocycles. The number of hydrogen-bond acceptors (Lipinski definition) is 2. The molecule has 1 heterocycles. The Kier molecular flexibility index (Phi) is 4.53. The molecule has 0 saturated carbocycles. The first-order valence-electron chi connectivity index (χ1n) is 5.01. The van der Waals surface area contributed by atoms with Crippen LogP contribution in [0.1, 0.15) is 25.8 Å². The molecule has 0 radical (unpaired) electrons. The zero-order valence-corrected chi connectivity index (χ0v) is 8.76. The fourth-order valence-electron chi connectivity index (χ4n) is 1.28. The van der Waals surface area contributed by atoms with E-state index in [1.807, 2.05) is 0 Å². The number of nitrogens with zero attached hydrogens (tertiary/aromatic N) is 1. The molecule has 0 aliphatic rings. The summed E-state index contributed by atoms with van der Waals surface area (Å²) in [6, 6.07) is 2.06. The smallest absolute Gasteiger partial charge is 0.141 e. The second-order valence-electron chi connectivity index (χ2n) is 3.72. The summed E-state index contributed by atoms with van der Waals surface area (Å²) in [5.74, 6) is -0.251. The number of aromatic nitrogens is 1. The maximum Gasteiger partial charge on any atom is 0.141 e. The lowest BCUT2D eigenvalue weighted by Crippen LogP contribution is -2.23. The van der Waals surface area contributed by atoms with Gasteiger partial charge in [0.05, 0.1) is 6.20 Å². The molecule has 0 fully saturated rings. The zero-order chi connectivity index (χ0) is 10.4. The van der Waals surface area contributed by atoms with Gasteiger partial charge in [-0.15, -0.1) is 0 Å². The quantitative estimate of drug-likeness (QED) is 0.730. The van der Waals surface area contributed by atoms with Crippen LogP contribution in [0.15, 0.2) is 18.5 Å². The van der Waals surface area contributed by atoms with Gasteiger partial charge in [0.2, 0.25) is 0 Å². The summed E-state index contributed by atoms with van der Waals surface area (Å²) in [5.41, 5.74) is 0.968. The normalized spacial score (nSPS) is 10.9. The molecule has 0 aliphatic carbocycles. The number of hydrogen-bond donors (Lipinski definition) is 1. The maximum atomic E-state index is 12.7. The summed E-state index contributed by atoms with van der Waals surface area (Å²) in [7, 11) is 0. The van der Waals surface area contributed by atoms with Crippen molar-refractivity contribution in [1.29, 1.82) is 0 Å².